The van der Waals surface area contributed by atoms with Gasteiger partial charge in [0.15, 0.2) is 0 Å². The van der Waals surface area contributed by atoms with Crippen molar-refractivity contribution in [2.75, 3.05) is 31.1 Å². The van der Waals surface area contributed by atoms with Crippen molar-refractivity contribution in [2.24, 2.45) is 0 Å². The number of amides is 1. The van der Waals surface area contributed by atoms with Crippen LogP contribution in [-0.4, -0.2) is 42.1 Å². The number of carbonyl (C=O) groups excluding carboxylic acids is 1. The van der Waals surface area contributed by atoms with Crippen molar-refractivity contribution in [2.45, 2.75) is 12.5 Å². The molecule has 1 aromatic carbocycles. The van der Waals surface area contributed by atoms with Crippen LogP contribution in [0.15, 0.2) is 73.1 Å². The van der Waals surface area contributed by atoms with Gasteiger partial charge >= 0.3 is 0 Å². The van der Waals surface area contributed by atoms with Crippen molar-refractivity contribution < 1.29 is 4.79 Å². The highest BCUT2D eigenvalue weighted by Gasteiger charge is 2.22. The standard InChI is InChI=1S/C23H25N5O/c29-23(27-13-10-20-8-4-5-11-24-20)19-9-12-26-22(16-19)28-15-14-25-21(17-28)18-6-2-1-3-7-18/h1-9,11-12,16,21,25H,10,13-15,17H2,(H,27,29)/t21-/m1/s1. The molecular formula is C23H25N5O. The van der Waals surface area contributed by atoms with Gasteiger partial charge in [-0.1, -0.05) is 36.4 Å². The summed E-state index contributed by atoms with van der Waals surface area (Å²) in [6.45, 7) is 3.11. The van der Waals surface area contributed by atoms with Gasteiger partial charge in [-0.2, -0.15) is 0 Å². The number of nitrogens with zero attached hydrogens (tertiary/aromatic N) is 3. The van der Waals surface area contributed by atoms with Crippen LogP contribution in [0.3, 0.4) is 0 Å². The molecule has 0 saturated carbocycles. The maximum absolute atomic E-state index is 12.6. The van der Waals surface area contributed by atoms with E-state index in [1.165, 1.54) is 5.56 Å². The Balaban J connectivity index is 1.38. The molecule has 1 amide bonds. The van der Waals surface area contributed by atoms with E-state index in [0.29, 0.717) is 18.5 Å². The summed E-state index contributed by atoms with van der Waals surface area (Å²) >= 11 is 0. The molecule has 0 aliphatic carbocycles. The van der Waals surface area contributed by atoms with E-state index >= 15 is 0 Å². The van der Waals surface area contributed by atoms with Crippen molar-refractivity contribution in [1.82, 2.24) is 20.6 Å². The summed E-state index contributed by atoms with van der Waals surface area (Å²) in [5.74, 6) is 0.754. The number of benzene rings is 1. The van der Waals surface area contributed by atoms with Gasteiger partial charge < -0.3 is 15.5 Å². The molecule has 1 atom stereocenters. The number of rotatable bonds is 6. The summed E-state index contributed by atoms with van der Waals surface area (Å²) in [6, 6.07) is 20.1. The second-order valence-corrected chi connectivity index (χ2v) is 7.09. The molecule has 148 valence electrons. The summed E-state index contributed by atoms with van der Waals surface area (Å²) in [5, 5.41) is 6.54. The molecule has 3 aromatic rings. The van der Waals surface area contributed by atoms with Gasteiger partial charge in [-0.3, -0.25) is 9.78 Å². The minimum absolute atomic E-state index is 0.0840. The Kier molecular flexibility index (Phi) is 6.12. The zero-order valence-corrected chi connectivity index (χ0v) is 16.3. The first kappa shape index (κ1) is 19.1. The monoisotopic (exact) mass is 387 g/mol. The lowest BCUT2D eigenvalue weighted by atomic mass is 10.0. The number of nitrogens with one attached hydrogen (secondary N) is 2. The van der Waals surface area contributed by atoms with Gasteiger partial charge in [0.05, 0.1) is 0 Å². The van der Waals surface area contributed by atoms with E-state index in [1.807, 2.05) is 30.3 Å². The van der Waals surface area contributed by atoms with Crippen molar-refractivity contribution in [1.29, 1.82) is 0 Å². The predicted octanol–water partition coefficient (Wildman–Crippen LogP) is 2.60. The number of anilines is 1. The van der Waals surface area contributed by atoms with Gasteiger partial charge in [0.25, 0.3) is 5.91 Å². The number of aromatic nitrogens is 2. The van der Waals surface area contributed by atoms with Crippen molar-refractivity contribution in [3.8, 4) is 0 Å². The summed E-state index contributed by atoms with van der Waals surface area (Å²) < 4.78 is 0. The molecule has 2 aromatic heterocycles. The van der Waals surface area contributed by atoms with E-state index in [0.717, 1.165) is 31.1 Å². The molecule has 6 nitrogen and oxygen atoms in total. The minimum Gasteiger partial charge on any atom is -0.353 e. The van der Waals surface area contributed by atoms with E-state index in [4.69, 9.17) is 0 Å². The van der Waals surface area contributed by atoms with Gasteiger partial charge in [0.1, 0.15) is 5.82 Å². The molecule has 1 aliphatic rings. The molecule has 0 spiro atoms. The molecular weight excluding hydrogens is 362 g/mol. The molecule has 4 rings (SSSR count). The zero-order valence-electron chi connectivity index (χ0n) is 16.3. The number of carbonyl (C=O) groups is 1. The fourth-order valence-corrected chi connectivity index (χ4v) is 3.55. The van der Waals surface area contributed by atoms with Crippen LogP contribution < -0.4 is 15.5 Å². The Hall–Kier alpha value is -3.25. The quantitative estimate of drug-likeness (QED) is 0.680. The van der Waals surface area contributed by atoms with Crippen LogP contribution in [0.25, 0.3) is 0 Å². The molecule has 0 radical (unpaired) electrons. The maximum atomic E-state index is 12.6. The fraction of sp³-hybridized carbons (Fsp3) is 0.261. The highest BCUT2D eigenvalue weighted by Crippen LogP contribution is 2.21. The van der Waals surface area contributed by atoms with Crippen LogP contribution in [-0.2, 0) is 6.42 Å². The van der Waals surface area contributed by atoms with Crippen LogP contribution in [0.4, 0.5) is 5.82 Å². The highest BCUT2D eigenvalue weighted by atomic mass is 16.1. The Morgan fingerprint density at radius 2 is 1.93 bits per heavy atom. The fourth-order valence-electron chi connectivity index (χ4n) is 3.55. The molecule has 0 bridgehead atoms. The number of piperazine rings is 1. The molecule has 2 N–H and O–H groups in total. The van der Waals surface area contributed by atoms with Gasteiger partial charge in [-0.15, -0.1) is 0 Å². The third-order valence-corrected chi connectivity index (χ3v) is 5.10. The smallest absolute Gasteiger partial charge is 0.251 e. The number of pyridine rings is 2. The molecule has 0 unspecified atom stereocenters. The van der Waals surface area contributed by atoms with E-state index in [1.54, 1.807) is 18.5 Å². The summed E-state index contributed by atoms with van der Waals surface area (Å²) in [5.41, 5.74) is 2.86. The summed E-state index contributed by atoms with van der Waals surface area (Å²) in [6.07, 6.45) is 4.19. The highest BCUT2D eigenvalue weighted by molar-refractivity contribution is 5.94. The Morgan fingerprint density at radius 1 is 1.07 bits per heavy atom. The van der Waals surface area contributed by atoms with Crippen LogP contribution in [0.1, 0.15) is 27.7 Å². The summed E-state index contributed by atoms with van der Waals surface area (Å²) in [7, 11) is 0. The second kappa shape index (κ2) is 9.30. The van der Waals surface area contributed by atoms with Crippen molar-refractivity contribution in [3.05, 3.63) is 89.9 Å². The first-order valence-corrected chi connectivity index (χ1v) is 9.97. The molecule has 29 heavy (non-hydrogen) atoms. The lowest BCUT2D eigenvalue weighted by Crippen LogP contribution is -2.46. The van der Waals surface area contributed by atoms with Gasteiger partial charge in [-0.05, 0) is 29.8 Å². The second-order valence-electron chi connectivity index (χ2n) is 7.09. The SMILES string of the molecule is O=C(NCCc1ccccn1)c1ccnc(N2CCN[C@@H](c3ccccc3)C2)c1. The van der Waals surface area contributed by atoms with E-state index in [2.05, 4.69) is 49.8 Å². The van der Waals surface area contributed by atoms with E-state index in [9.17, 15) is 4.79 Å². The van der Waals surface area contributed by atoms with Crippen LogP contribution in [0, 0.1) is 0 Å². The molecule has 1 saturated heterocycles. The first-order valence-electron chi connectivity index (χ1n) is 9.97. The predicted molar refractivity (Wildman–Crippen MR) is 114 cm³/mol. The molecule has 1 aliphatic heterocycles. The maximum Gasteiger partial charge on any atom is 0.251 e. The Labute approximate surface area is 171 Å². The van der Waals surface area contributed by atoms with Gasteiger partial charge in [-0.25, -0.2) is 4.98 Å². The summed E-state index contributed by atoms with van der Waals surface area (Å²) in [4.78, 5) is 23.6. The number of hydrogen-bond acceptors (Lipinski definition) is 5. The largest absolute Gasteiger partial charge is 0.353 e. The molecule has 3 heterocycles. The van der Waals surface area contributed by atoms with E-state index < -0.39 is 0 Å². The van der Waals surface area contributed by atoms with Crippen LogP contribution in [0.5, 0.6) is 0 Å². The zero-order chi connectivity index (χ0) is 19.9. The van der Waals surface area contributed by atoms with Gasteiger partial charge in [0.2, 0.25) is 0 Å². The lowest BCUT2D eigenvalue weighted by Gasteiger charge is -2.34. The van der Waals surface area contributed by atoms with Crippen LogP contribution in [0.2, 0.25) is 0 Å². The normalized spacial score (nSPS) is 16.4. The van der Waals surface area contributed by atoms with Crippen molar-refractivity contribution >= 4 is 11.7 Å². The first-order chi connectivity index (χ1) is 14.3. The third-order valence-electron chi connectivity index (χ3n) is 5.10. The minimum atomic E-state index is -0.0840. The molecule has 1 fully saturated rings. The van der Waals surface area contributed by atoms with Crippen LogP contribution >= 0.6 is 0 Å². The lowest BCUT2D eigenvalue weighted by molar-refractivity contribution is 0.0954. The average Bonchev–Trinajstić information content (AvgIpc) is 2.80. The third kappa shape index (κ3) is 4.97. The Morgan fingerprint density at radius 3 is 2.76 bits per heavy atom. The van der Waals surface area contributed by atoms with E-state index in [-0.39, 0.29) is 11.9 Å². The molecule has 6 heteroatoms. The topological polar surface area (TPSA) is 70.2 Å². The average molecular weight is 387 g/mol. The van der Waals surface area contributed by atoms with Crippen molar-refractivity contribution in [3.63, 3.8) is 0 Å². The number of hydrogen-bond donors (Lipinski definition) is 2. The Bertz CT molecular complexity index is 932. The van der Waals surface area contributed by atoms with Gasteiger partial charge in [0, 0.05) is 62.3 Å².